The molecule has 1 saturated heterocycles. The summed E-state index contributed by atoms with van der Waals surface area (Å²) in [6.45, 7) is 2.63. The Morgan fingerprint density at radius 3 is 2.91 bits per heavy atom. The predicted octanol–water partition coefficient (Wildman–Crippen LogP) is 0.692. The summed E-state index contributed by atoms with van der Waals surface area (Å²) < 4.78 is 5.16. The summed E-state index contributed by atoms with van der Waals surface area (Å²) in [6.07, 6.45) is 2.95. The molecule has 1 amide bonds. The van der Waals surface area contributed by atoms with Crippen molar-refractivity contribution in [2.24, 2.45) is 0 Å². The molecule has 1 aliphatic rings. The van der Waals surface area contributed by atoms with E-state index in [9.17, 15) is 4.79 Å². The van der Waals surface area contributed by atoms with Crippen LogP contribution in [0.4, 0.5) is 0 Å². The maximum absolute atomic E-state index is 11.3. The highest BCUT2D eigenvalue weighted by atomic mass is 16.5. The quantitative estimate of drug-likeness (QED) is 0.608. The van der Waals surface area contributed by atoms with E-state index in [1.165, 1.54) is 0 Å². The van der Waals surface area contributed by atoms with Crippen LogP contribution in [-0.2, 0) is 9.53 Å². The van der Waals surface area contributed by atoms with Crippen molar-refractivity contribution in [1.82, 2.24) is 5.32 Å². The van der Waals surface area contributed by atoms with Crippen LogP contribution in [0.3, 0.4) is 0 Å². The molecule has 0 spiro atoms. The summed E-state index contributed by atoms with van der Waals surface area (Å²) in [7, 11) is 1.59. The Balaban J connectivity index is 2.66. The third kappa shape index (κ3) is 1.71. The number of rotatable bonds is 1. The minimum Gasteiger partial charge on any atom is -0.369 e. The zero-order valence-electron chi connectivity index (χ0n) is 7.14. The van der Waals surface area contributed by atoms with Crippen LogP contribution in [0.25, 0.3) is 0 Å². The van der Waals surface area contributed by atoms with Gasteiger partial charge in [0.1, 0.15) is 5.60 Å². The highest BCUT2D eigenvalue weighted by molar-refractivity contribution is 5.84. The first-order valence-corrected chi connectivity index (χ1v) is 4.02. The first-order chi connectivity index (χ1) is 5.19. The number of carbonyl (C=O) groups excluding carboxylic acids is 1. The molecule has 0 aromatic rings. The molecule has 1 rings (SSSR count). The first-order valence-electron chi connectivity index (χ1n) is 4.02. The Labute approximate surface area is 67.1 Å². The molecule has 1 atom stereocenters. The molecule has 1 N–H and O–H groups in total. The second-order valence-electron chi connectivity index (χ2n) is 3.15. The van der Waals surface area contributed by atoms with Crippen LogP contribution in [0.2, 0.25) is 0 Å². The van der Waals surface area contributed by atoms with Gasteiger partial charge in [-0.2, -0.15) is 0 Å². The minimum atomic E-state index is -0.587. The summed E-state index contributed by atoms with van der Waals surface area (Å²) in [5.41, 5.74) is -0.587. The number of hydrogen-bond acceptors (Lipinski definition) is 2. The van der Waals surface area contributed by atoms with Crippen LogP contribution in [-0.4, -0.2) is 25.2 Å². The van der Waals surface area contributed by atoms with Gasteiger partial charge >= 0.3 is 0 Å². The standard InChI is InChI=1S/C8H15NO2/c1-8(11-2)5-3-4-6-9-7(8)10/h3-6H2,1-2H3,(H,9,10). The Hall–Kier alpha value is -0.570. The molecule has 64 valence electrons. The summed E-state index contributed by atoms with van der Waals surface area (Å²) in [4.78, 5) is 11.3. The summed E-state index contributed by atoms with van der Waals surface area (Å²) in [5.74, 6) is 0.0255. The molecular weight excluding hydrogens is 142 g/mol. The van der Waals surface area contributed by atoms with Crippen molar-refractivity contribution in [2.75, 3.05) is 13.7 Å². The molecule has 0 radical (unpaired) electrons. The zero-order chi connectivity index (χ0) is 8.32. The number of amides is 1. The average Bonchev–Trinajstić information content (AvgIpc) is 2.16. The van der Waals surface area contributed by atoms with E-state index in [1.54, 1.807) is 7.11 Å². The van der Waals surface area contributed by atoms with Gasteiger partial charge < -0.3 is 10.1 Å². The number of methoxy groups -OCH3 is 1. The van der Waals surface area contributed by atoms with Crippen molar-refractivity contribution in [3.05, 3.63) is 0 Å². The van der Waals surface area contributed by atoms with E-state index in [0.717, 1.165) is 25.8 Å². The van der Waals surface area contributed by atoms with Crippen LogP contribution in [0, 0.1) is 0 Å². The molecule has 1 fully saturated rings. The van der Waals surface area contributed by atoms with Crippen LogP contribution in [0.5, 0.6) is 0 Å². The fraction of sp³-hybridized carbons (Fsp3) is 0.875. The van der Waals surface area contributed by atoms with Gasteiger partial charge in [0, 0.05) is 13.7 Å². The third-order valence-corrected chi connectivity index (χ3v) is 2.30. The van der Waals surface area contributed by atoms with Crippen molar-refractivity contribution in [2.45, 2.75) is 31.8 Å². The van der Waals surface area contributed by atoms with Gasteiger partial charge in [-0.3, -0.25) is 4.79 Å². The Bertz CT molecular complexity index is 158. The van der Waals surface area contributed by atoms with Gasteiger partial charge in [-0.25, -0.2) is 0 Å². The Kier molecular flexibility index (Phi) is 2.49. The Morgan fingerprint density at radius 2 is 2.27 bits per heavy atom. The Morgan fingerprint density at radius 1 is 1.55 bits per heavy atom. The van der Waals surface area contributed by atoms with E-state index in [-0.39, 0.29) is 5.91 Å². The van der Waals surface area contributed by atoms with Crippen molar-refractivity contribution in [3.8, 4) is 0 Å². The lowest BCUT2D eigenvalue weighted by molar-refractivity contribution is -0.141. The fourth-order valence-electron chi connectivity index (χ4n) is 1.28. The molecule has 0 aromatic carbocycles. The second-order valence-corrected chi connectivity index (χ2v) is 3.15. The first kappa shape index (κ1) is 8.53. The lowest BCUT2D eigenvalue weighted by atomic mass is 10.00. The van der Waals surface area contributed by atoms with Crippen molar-refractivity contribution in [3.63, 3.8) is 0 Å². The highest BCUT2D eigenvalue weighted by Gasteiger charge is 2.33. The molecule has 0 aliphatic carbocycles. The van der Waals surface area contributed by atoms with Gasteiger partial charge in [0.05, 0.1) is 0 Å². The van der Waals surface area contributed by atoms with Gasteiger partial charge in [-0.1, -0.05) is 0 Å². The second kappa shape index (κ2) is 3.22. The summed E-state index contributed by atoms with van der Waals surface area (Å²) >= 11 is 0. The van der Waals surface area contributed by atoms with Gasteiger partial charge in [-0.05, 0) is 26.2 Å². The number of carbonyl (C=O) groups is 1. The molecular formula is C8H15NO2. The van der Waals surface area contributed by atoms with Crippen LogP contribution in [0.1, 0.15) is 26.2 Å². The van der Waals surface area contributed by atoms with Crippen molar-refractivity contribution < 1.29 is 9.53 Å². The summed E-state index contributed by atoms with van der Waals surface area (Å²) in [5, 5.41) is 2.82. The molecule has 3 heteroatoms. The van der Waals surface area contributed by atoms with E-state index < -0.39 is 5.60 Å². The molecule has 11 heavy (non-hydrogen) atoms. The monoisotopic (exact) mass is 157 g/mol. The molecule has 1 aliphatic heterocycles. The number of ether oxygens (including phenoxy) is 1. The minimum absolute atomic E-state index is 0.0255. The van der Waals surface area contributed by atoms with Crippen molar-refractivity contribution >= 4 is 5.91 Å². The van der Waals surface area contributed by atoms with Gasteiger partial charge in [0.2, 0.25) is 0 Å². The third-order valence-electron chi connectivity index (χ3n) is 2.30. The van der Waals surface area contributed by atoms with Gasteiger partial charge in [0.15, 0.2) is 0 Å². The van der Waals surface area contributed by atoms with E-state index in [2.05, 4.69) is 5.32 Å². The molecule has 0 saturated carbocycles. The molecule has 3 nitrogen and oxygen atoms in total. The number of hydrogen-bond donors (Lipinski definition) is 1. The van der Waals surface area contributed by atoms with Gasteiger partial charge in [-0.15, -0.1) is 0 Å². The van der Waals surface area contributed by atoms with Gasteiger partial charge in [0.25, 0.3) is 5.91 Å². The van der Waals surface area contributed by atoms with E-state index in [1.807, 2.05) is 6.92 Å². The topological polar surface area (TPSA) is 38.3 Å². The largest absolute Gasteiger partial charge is 0.369 e. The predicted molar refractivity (Wildman–Crippen MR) is 42.3 cm³/mol. The maximum Gasteiger partial charge on any atom is 0.251 e. The van der Waals surface area contributed by atoms with Crippen LogP contribution >= 0.6 is 0 Å². The lowest BCUT2D eigenvalue weighted by Crippen LogP contribution is -2.44. The molecule has 1 heterocycles. The molecule has 0 aromatic heterocycles. The van der Waals surface area contributed by atoms with E-state index in [0.29, 0.717) is 0 Å². The smallest absolute Gasteiger partial charge is 0.251 e. The normalized spacial score (nSPS) is 32.7. The van der Waals surface area contributed by atoms with E-state index in [4.69, 9.17) is 4.74 Å². The SMILES string of the molecule is COC1(C)CCCCNC1=O. The molecule has 1 unspecified atom stereocenters. The van der Waals surface area contributed by atoms with Crippen LogP contribution < -0.4 is 5.32 Å². The number of nitrogens with one attached hydrogen (secondary N) is 1. The zero-order valence-corrected chi connectivity index (χ0v) is 7.14. The molecule has 0 bridgehead atoms. The van der Waals surface area contributed by atoms with Crippen LogP contribution in [0.15, 0.2) is 0 Å². The lowest BCUT2D eigenvalue weighted by Gasteiger charge is -2.23. The maximum atomic E-state index is 11.3. The summed E-state index contributed by atoms with van der Waals surface area (Å²) in [6, 6.07) is 0. The average molecular weight is 157 g/mol. The highest BCUT2D eigenvalue weighted by Crippen LogP contribution is 2.20. The fourth-order valence-corrected chi connectivity index (χ4v) is 1.28. The van der Waals surface area contributed by atoms with Crippen molar-refractivity contribution in [1.29, 1.82) is 0 Å². The van der Waals surface area contributed by atoms with E-state index >= 15 is 0 Å².